The summed E-state index contributed by atoms with van der Waals surface area (Å²) < 4.78 is 4.64. The lowest BCUT2D eigenvalue weighted by molar-refractivity contribution is -0.147. The first kappa shape index (κ1) is 22.9. The van der Waals surface area contributed by atoms with Crippen LogP contribution in [0.25, 0.3) is 6.08 Å². The Bertz CT molecular complexity index is 627. The van der Waals surface area contributed by atoms with E-state index in [2.05, 4.69) is 4.74 Å². The van der Waals surface area contributed by atoms with Gasteiger partial charge in [0, 0.05) is 20.5 Å². The van der Waals surface area contributed by atoms with Crippen molar-refractivity contribution in [3.8, 4) is 0 Å². The third kappa shape index (κ3) is 8.37. The number of carbonyl (C=O) groups is 2. The second kappa shape index (κ2) is 12.3. The van der Waals surface area contributed by atoms with E-state index in [0.29, 0.717) is 19.3 Å². The number of rotatable bonds is 11. The molecule has 0 bridgehead atoms. The molecule has 1 amide bonds. The highest BCUT2D eigenvalue weighted by Crippen LogP contribution is 2.23. The van der Waals surface area contributed by atoms with Crippen molar-refractivity contribution in [1.29, 1.82) is 0 Å². The van der Waals surface area contributed by atoms with Gasteiger partial charge in [-0.1, -0.05) is 30.4 Å². The number of hydrogen-bond acceptors (Lipinski definition) is 5. The molecule has 6 heteroatoms. The lowest BCUT2D eigenvalue weighted by Crippen LogP contribution is -2.20. The normalized spacial score (nSPS) is 13.4. The average molecular weight is 377 g/mol. The van der Waals surface area contributed by atoms with Crippen LogP contribution in [0.3, 0.4) is 0 Å². The van der Waals surface area contributed by atoms with E-state index in [0.717, 1.165) is 24.0 Å². The maximum absolute atomic E-state index is 11.5. The predicted molar refractivity (Wildman–Crippen MR) is 105 cm³/mol. The zero-order valence-electron chi connectivity index (χ0n) is 16.4. The van der Waals surface area contributed by atoms with Crippen LogP contribution >= 0.6 is 0 Å². The number of ether oxygens (including phenoxy) is 1. The molecule has 0 spiro atoms. The minimum atomic E-state index is -0.713. The monoisotopic (exact) mass is 377 g/mol. The van der Waals surface area contributed by atoms with Crippen LogP contribution in [0.5, 0.6) is 0 Å². The summed E-state index contributed by atoms with van der Waals surface area (Å²) in [6, 6.07) is 7.56. The molecule has 0 saturated carbocycles. The molecule has 1 unspecified atom stereocenters. The molecular weight excluding hydrogens is 346 g/mol. The first-order valence-corrected chi connectivity index (χ1v) is 9.22. The molecule has 0 aliphatic heterocycles. The summed E-state index contributed by atoms with van der Waals surface area (Å²) in [4.78, 5) is 24.6. The summed E-state index contributed by atoms with van der Waals surface area (Å²) in [5, 5.41) is 19.6. The summed E-state index contributed by atoms with van der Waals surface area (Å²) in [6.07, 6.45) is 6.13. The van der Waals surface area contributed by atoms with E-state index in [1.165, 1.54) is 7.11 Å². The smallest absolute Gasteiger partial charge is 0.310 e. The molecule has 1 aromatic rings. The van der Waals surface area contributed by atoms with Gasteiger partial charge in [-0.15, -0.1) is 0 Å². The van der Waals surface area contributed by atoms with Crippen molar-refractivity contribution in [1.82, 2.24) is 4.90 Å². The Morgan fingerprint density at radius 3 is 2.63 bits per heavy atom. The van der Waals surface area contributed by atoms with Crippen molar-refractivity contribution < 1.29 is 24.5 Å². The first-order valence-electron chi connectivity index (χ1n) is 9.22. The molecule has 0 aliphatic carbocycles. The molecule has 27 heavy (non-hydrogen) atoms. The van der Waals surface area contributed by atoms with Crippen molar-refractivity contribution in [3.05, 3.63) is 41.5 Å². The topological polar surface area (TPSA) is 87.1 Å². The number of hydrogen-bond donors (Lipinski definition) is 2. The van der Waals surface area contributed by atoms with Crippen molar-refractivity contribution in [2.75, 3.05) is 27.8 Å². The van der Waals surface area contributed by atoms with E-state index in [1.54, 1.807) is 19.0 Å². The summed E-state index contributed by atoms with van der Waals surface area (Å²) in [5.74, 6) is -0.951. The zero-order chi connectivity index (χ0) is 20.2. The SMILES string of the molecule is COC(=O)[C@H](CO)CCC(O)c1cccc(/C=C\CCCC(=O)N(C)C)c1. The zero-order valence-corrected chi connectivity index (χ0v) is 16.4. The molecule has 6 nitrogen and oxygen atoms in total. The van der Waals surface area contributed by atoms with E-state index in [9.17, 15) is 19.8 Å². The quantitative estimate of drug-likeness (QED) is 0.457. The Kier molecular flexibility index (Phi) is 10.4. The largest absolute Gasteiger partial charge is 0.469 e. The van der Waals surface area contributed by atoms with Gasteiger partial charge in [0.2, 0.25) is 5.91 Å². The highest BCUT2D eigenvalue weighted by molar-refractivity contribution is 5.75. The van der Waals surface area contributed by atoms with Gasteiger partial charge in [0.05, 0.1) is 25.7 Å². The third-order valence-corrected chi connectivity index (χ3v) is 4.41. The second-order valence-corrected chi connectivity index (χ2v) is 6.75. The van der Waals surface area contributed by atoms with Crippen LogP contribution in [0.4, 0.5) is 0 Å². The van der Waals surface area contributed by atoms with E-state index in [1.807, 2.05) is 36.4 Å². The second-order valence-electron chi connectivity index (χ2n) is 6.75. The Morgan fingerprint density at radius 2 is 2.00 bits per heavy atom. The molecule has 2 atom stereocenters. The molecule has 1 aromatic carbocycles. The molecule has 0 radical (unpaired) electrons. The summed E-state index contributed by atoms with van der Waals surface area (Å²) >= 11 is 0. The molecule has 2 N–H and O–H groups in total. The predicted octanol–water partition coefficient (Wildman–Crippen LogP) is 2.55. The number of allylic oxidation sites excluding steroid dienone is 1. The van der Waals surface area contributed by atoms with Crippen molar-refractivity contribution >= 4 is 18.0 Å². The first-order chi connectivity index (χ1) is 12.9. The van der Waals surface area contributed by atoms with Crippen molar-refractivity contribution in [2.24, 2.45) is 5.92 Å². The van der Waals surface area contributed by atoms with Gasteiger partial charge in [0.15, 0.2) is 0 Å². The molecule has 0 aliphatic rings. The van der Waals surface area contributed by atoms with Gasteiger partial charge in [-0.25, -0.2) is 0 Å². The number of unbranched alkanes of at least 4 members (excludes halogenated alkanes) is 1. The maximum atomic E-state index is 11.5. The van der Waals surface area contributed by atoms with Crippen LogP contribution < -0.4 is 0 Å². The minimum Gasteiger partial charge on any atom is -0.469 e. The number of amides is 1. The highest BCUT2D eigenvalue weighted by Gasteiger charge is 2.20. The fraction of sp³-hybridized carbons (Fsp3) is 0.524. The number of aliphatic hydroxyl groups excluding tert-OH is 2. The van der Waals surface area contributed by atoms with Crippen LogP contribution in [0.2, 0.25) is 0 Å². The Hall–Kier alpha value is -2.18. The fourth-order valence-corrected chi connectivity index (χ4v) is 2.66. The summed E-state index contributed by atoms with van der Waals surface area (Å²) in [6.45, 7) is -0.293. The molecule has 0 fully saturated rings. The van der Waals surface area contributed by atoms with Crippen LogP contribution in [0, 0.1) is 5.92 Å². The number of aliphatic hydroxyl groups is 2. The molecule has 0 aromatic heterocycles. The number of esters is 1. The van der Waals surface area contributed by atoms with E-state index in [4.69, 9.17) is 0 Å². The van der Waals surface area contributed by atoms with Gasteiger partial charge in [-0.3, -0.25) is 9.59 Å². The number of nitrogens with zero attached hydrogens (tertiary/aromatic N) is 1. The summed E-state index contributed by atoms with van der Waals surface area (Å²) in [5.41, 5.74) is 1.73. The summed E-state index contributed by atoms with van der Waals surface area (Å²) in [7, 11) is 4.79. The lowest BCUT2D eigenvalue weighted by atomic mass is 9.97. The van der Waals surface area contributed by atoms with E-state index < -0.39 is 18.0 Å². The van der Waals surface area contributed by atoms with Crippen LogP contribution in [-0.2, 0) is 14.3 Å². The maximum Gasteiger partial charge on any atom is 0.310 e. The third-order valence-electron chi connectivity index (χ3n) is 4.41. The molecular formula is C21H31NO5. The minimum absolute atomic E-state index is 0.127. The molecule has 1 rings (SSSR count). The number of benzene rings is 1. The van der Waals surface area contributed by atoms with Gasteiger partial charge in [-0.2, -0.15) is 0 Å². The van der Waals surface area contributed by atoms with Crippen LogP contribution in [0.15, 0.2) is 30.3 Å². The standard InChI is InChI=1S/C21H31NO5/c1-22(2)20(25)11-6-4-5-8-16-9-7-10-17(14-16)19(24)13-12-18(15-23)21(26)27-3/h5,7-10,14,18-19,23-24H,4,6,11-13,15H2,1-3H3/b8-5-/t18-,19?/m0/s1. The van der Waals surface area contributed by atoms with Crippen LogP contribution in [0.1, 0.15) is 49.3 Å². The number of methoxy groups -OCH3 is 1. The molecule has 150 valence electrons. The van der Waals surface area contributed by atoms with E-state index in [-0.39, 0.29) is 12.5 Å². The molecule has 0 saturated heterocycles. The Balaban J connectivity index is 2.53. The highest BCUT2D eigenvalue weighted by atomic mass is 16.5. The van der Waals surface area contributed by atoms with Gasteiger partial charge in [0.25, 0.3) is 0 Å². The van der Waals surface area contributed by atoms with Gasteiger partial charge < -0.3 is 19.8 Å². The Morgan fingerprint density at radius 1 is 1.26 bits per heavy atom. The van der Waals surface area contributed by atoms with Crippen molar-refractivity contribution in [2.45, 2.75) is 38.2 Å². The van der Waals surface area contributed by atoms with E-state index >= 15 is 0 Å². The van der Waals surface area contributed by atoms with Gasteiger partial charge >= 0.3 is 5.97 Å². The number of carbonyl (C=O) groups excluding carboxylic acids is 2. The van der Waals surface area contributed by atoms with Crippen LogP contribution in [-0.4, -0.2) is 54.8 Å². The fourth-order valence-electron chi connectivity index (χ4n) is 2.66. The van der Waals surface area contributed by atoms with Gasteiger partial charge in [-0.05, 0) is 42.9 Å². The average Bonchev–Trinajstić information content (AvgIpc) is 2.67. The lowest BCUT2D eigenvalue weighted by Gasteiger charge is -2.15. The van der Waals surface area contributed by atoms with Crippen molar-refractivity contribution in [3.63, 3.8) is 0 Å². The van der Waals surface area contributed by atoms with Gasteiger partial charge in [0.1, 0.15) is 0 Å². The Labute approximate surface area is 161 Å². The molecule has 0 heterocycles.